The summed E-state index contributed by atoms with van der Waals surface area (Å²) < 4.78 is 0. The van der Waals surface area contributed by atoms with Crippen molar-refractivity contribution < 1.29 is 9.59 Å². The molecule has 0 aromatic heterocycles. The maximum Gasteiger partial charge on any atom is 0.233 e. The van der Waals surface area contributed by atoms with E-state index >= 15 is 0 Å². The molecule has 0 aliphatic heterocycles. The lowest BCUT2D eigenvalue weighted by atomic mass is 10.0. The second kappa shape index (κ2) is 8.45. The van der Waals surface area contributed by atoms with Crippen molar-refractivity contribution in [2.75, 3.05) is 11.9 Å². The zero-order chi connectivity index (χ0) is 15.8. The van der Waals surface area contributed by atoms with E-state index in [4.69, 9.17) is 0 Å². The molecule has 1 aromatic carbocycles. The fraction of sp³-hybridized carbons (Fsp3) is 0.529. The van der Waals surface area contributed by atoms with E-state index in [9.17, 15) is 9.59 Å². The third-order valence-corrected chi connectivity index (χ3v) is 3.22. The van der Waals surface area contributed by atoms with Gasteiger partial charge in [0.25, 0.3) is 0 Å². The summed E-state index contributed by atoms with van der Waals surface area (Å²) in [6.07, 6.45) is 0.786. The molecule has 0 aliphatic carbocycles. The number of nitrogens with one attached hydrogen (secondary N) is 2. The van der Waals surface area contributed by atoms with Crippen molar-refractivity contribution in [1.82, 2.24) is 5.32 Å². The third-order valence-electron chi connectivity index (χ3n) is 3.22. The van der Waals surface area contributed by atoms with Crippen LogP contribution in [0.15, 0.2) is 24.3 Å². The predicted molar refractivity (Wildman–Crippen MR) is 86.2 cm³/mol. The van der Waals surface area contributed by atoms with Crippen molar-refractivity contribution in [3.63, 3.8) is 0 Å². The first-order chi connectivity index (χ1) is 9.90. The largest absolute Gasteiger partial charge is 0.356 e. The normalized spacial score (nSPS) is 10.8. The van der Waals surface area contributed by atoms with Gasteiger partial charge in [0.15, 0.2) is 0 Å². The quantitative estimate of drug-likeness (QED) is 0.757. The summed E-state index contributed by atoms with van der Waals surface area (Å²) >= 11 is 0. The van der Waals surface area contributed by atoms with Gasteiger partial charge in [0.05, 0.1) is 0 Å². The van der Waals surface area contributed by atoms with Crippen molar-refractivity contribution in [2.45, 2.75) is 46.5 Å². The molecular weight excluding hydrogens is 264 g/mol. The number of benzene rings is 1. The number of carbonyl (C=O) groups is 2. The van der Waals surface area contributed by atoms with E-state index in [1.165, 1.54) is 0 Å². The molecule has 0 bridgehead atoms. The summed E-state index contributed by atoms with van der Waals surface area (Å²) in [6, 6.07) is 7.68. The summed E-state index contributed by atoms with van der Waals surface area (Å²) in [5, 5.41) is 5.59. The fourth-order valence-electron chi connectivity index (χ4n) is 2.02. The molecule has 0 heterocycles. The molecule has 0 radical (unpaired) electrons. The summed E-state index contributed by atoms with van der Waals surface area (Å²) in [7, 11) is 0. The van der Waals surface area contributed by atoms with Crippen LogP contribution in [0.2, 0.25) is 0 Å². The number of anilines is 1. The number of rotatable bonds is 7. The van der Waals surface area contributed by atoms with Crippen molar-refractivity contribution >= 4 is 17.5 Å². The van der Waals surface area contributed by atoms with Crippen LogP contribution in [-0.2, 0) is 9.59 Å². The first-order valence-electron chi connectivity index (χ1n) is 7.55. The minimum absolute atomic E-state index is 0.134. The number of carbonyl (C=O) groups excluding carboxylic acids is 2. The van der Waals surface area contributed by atoms with E-state index in [1.54, 1.807) is 0 Å². The van der Waals surface area contributed by atoms with Crippen LogP contribution in [0.1, 0.15) is 52.0 Å². The summed E-state index contributed by atoms with van der Waals surface area (Å²) in [5.41, 5.74) is 1.86. The highest BCUT2D eigenvalue weighted by Crippen LogP contribution is 2.23. The van der Waals surface area contributed by atoms with Gasteiger partial charge in [-0.05, 0) is 29.9 Å². The highest BCUT2D eigenvalue weighted by molar-refractivity contribution is 6.03. The van der Waals surface area contributed by atoms with E-state index in [0.29, 0.717) is 18.4 Å². The van der Waals surface area contributed by atoms with Gasteiger partial charge in [0, 0.05) is 12.2 Å². The van der Waals surface area contributed by atoms with Gasteiger partial charge in [-0.2, -0.15) is 0 Å². The maximum atomic E-state index is 11.9. The summed E-state index contributed by atoms with van der Waals surface area (Å²) in [4.78, 5) is 23.6. The zero-order valence-corrected chi connectivity index (χ0v) is 13.4. The molecule has 0 unspecified atom stereocenters. The van der Waals surface area contributed by atoms with Crippen LogP contribution < -0.4 is 10.6 Å². The predicted octanol–water partition coefficient (Wildman–Crippen LogP) is 3.30. The Balaban J connectivity index is 2.49. The Hall–Kier alpha value is -1.84. The monoisotopic (exact) mass is 290 g/mol. The van der Waals surface area contributed by atoms with Crippen LogP contribution in [0.5, 0.6) is 0 Å². The zero-order valence-electron chi connectivity index (χ0n) is 13.4. The Bertz CT molecular complexity index is 481. The van der Waals surface area contributed by atoms with Crippen LogP contribution in [0.4, 0.5) is 5.69 Å². The van der Waals surface area contributed by atoms with Crippen LogP contribution in [-0.4, -0.2) is 18.4 Å². The molecule has 21 heavy (non-hydrogen) atoms. The average Bonchev–Trinajstić information content (AvgIpc) is 2.38. The van der Waals surface area contributed by atoms with Gasteiger partial charge in [-0.15, -0.1) is 0 Å². The molecule has 0 saturated carbocycles. The molecule has 0 atom stereocenters. The minimum atomic E-state index is -0.273. The minimum Gasteiger partial charge on any atom is -0.356 e. The van der Waals surface area contributed by atoms with Gasteiger partial charge in [0.2, 0.25) is 11.8 Å². The van der Waals surface area contributed by atoms with Gasteiger partial charge in [-0.25, -0.2) is 0 Å². The molecular formula is C17H26N2O2. The van der Waals surface area contributed by atoms with Gasteiger partial charge in [-0.1, -0.05) is 45.9 Å². The van der Waals surface area contributed by atoms with Crippen LogP contribution in [0.3, 0.4) is 0 Å². The topological polar surface area (TPSA) is 58.2 Å². The Labute approximate surface area is 127 Å². The van der Waals surface area contributed by atoms with Crippen molar-refractivity contribution in [2.24, 2.45) is 5.92 Å². The van der Waals surface area contributed by atoms with Gasteiger partial charge in [-0.3, -0.25) is 9.59 Å². The van der Waals surface area contributed by atoms with Gasteiger partial charge in [0.1, 0.15) is 6.42 Å². The van der Waals surface area contributed by atoms with E-state index in [1.807, 2.05) is 24.3 Å². The number of amides is 2. The molecule has 0 aliphatic rings. The van der Waals surface area contributed by atoms with E-state index in [0.717, 1.165) is 17.7 Å². The third kappa shape index (κ3) is 6.43. The van der Waals surface area contributed by atoms with E-state index < -0.39 is 0 Å². The molecule has 1 rings (SSSR count). The number of hydrogen-bond acceptors (Lipinski definition) is 2. The Morgan fingerprint density at radius 1 is 1.05 bits per heavy atom. The summed E-state index contributed by atoms with van der Waals surface area (Å²) in [6.45, 7) is 8.96. The van der Waals surface area contributed by atoms with Crippen molar-refractivity contribution in [3.05, 3.63) is 29.8 Å². The lowest BCUT2D eigenvalue weighted by Gasteiger charge is -2.13. The van der Waals surface area contributed by atoms with Gasteiger partial charge >= 0.3 is 0 Å². The molecule has 116 valence electrons. The number of para-hydroxylation sites is 1. The van der Waals surface area contributed by atoms with Crippen LogP contribution in [0, 0.1) is 5.92 Å². The molecule has 4 nitrogen and oxygen atoms in total. The highest BCUT2D eigenvalue weighted by atomic mass is 16.2. The van der Waals surface area contributed by atoms with Crippen molar-refractivity contribution in [1.29, 1.82) is 0 Å². The summed E-state index contributed by atoms with van der Waals surface area (Å²) in [5.74, 6) is 0.360. The Morgan fingerprint density at radius 3 is 2.33 bits per heavy atom. The standard InChI is InChI=1S/C17H26N2O2/c1-12(2)9-10-18-16(20)11-17(21)19-15-8-6-5-7-14(15)13(3)4/h5-8,12-13H,9-11H2,1-4H3,(H,18,20)(H,19,21). The Morgan fingerprint density at radius 2 is 1.71 bits per heavy atom. The first-order valence-corrected chi connectivity index (χ1v) is 7.55. The second-order valence-corrected chi connectivity index (χ2v) is 6.00. The lowest BCUT2D eigenvalue weighted by molar-refractivity contribution is -0.126. The molecule has 4 heteroatoms. The van der Waals surface area contributed by atoms with Crippen molar-refractivity contribution in [3.8, 4) is 0 Å². The second-order valence-electron chi connectivity index (χ2n) is 6.00. The fourth-order valence-corrected chi connectivity index (χ4v) is 2.02. The van der Waals surface area contributed by atoms with Crippen LogP contribution >= 0.6 is 0 Å². The molecule has 0 fully saturated rings. The van der Waals surface area contributed by atoms with E-state index in [-0.39, 0.29) is 18.2 Å². The number of hydrogen-bond donors (Lipinski definition) is 2. The Kier molecular flexibility index (Phi) is 6.92. The van der Waals surface area contributed by atoms with E-state index in [2.05, 4.69) is 38.3 Å². The SMILES string of the molecule is CC(C)CCNC(=O)CC(=O)Nc1ccccc1C(C)C. The molecule has 0 saturated heterocycles. The van der Waals surface area contributed by atoms with Gasteiger partial charge < -0.3 is 10.6 Å². The highest BCUT2D eigenvalue weighted by Gasteiger charge is 2.12. The maximum absolute atomic E-state index is 11.9. The molecule has 1 aromatic rings. The molecule has 2 N–H and O–H groups in total. The average molecular weight is 290 g/mol. The van der Waals surface area contributed by atoms with Crippen LogP contribution in [0.25, 0.3) is 0 Å². The first kappa shape index (κ1) is 17.2. The lowest BCUT2D eigenvalue weighted by Crippen LogP contribution is -2.29. The molecule has 2 amide bonds. The smallest absolute Gasteiger partial charge is 0.233 e. The molecule has 0 spiro atoms.